The van der Waals surface area contributed by atoms with E-state index in [0.29, 0.717) is 13.0 Å². The molecule has 7 heteroatoms. The fourth-order valence-electron chi connectivity index (χ4n) is 1.09. The van der Waals surface area contributed by atoms with E-state index in [1.54, 1.807) is 0 Å². The van der Waals surface area contributed by atoms with Gasteiger partial charge >= 0.3 is 0 Å². The van der Waals surface area contributed by atoms with Crippen molar-refractivity contribution in [2.24, 2.45) is 0 Å². The van der Waals surface area contributed by atoms with Gasteiger partial charge in [0, 0.05) is 19.3 Å². The molecule has 1 heterocycles. The summed E-state index contributed by atoms with van der Waals surface area (Å²) in [5.41, 5.74) is 0. The van der Waals surface area contributed by atoms with Crippen LogP contribution in [0.3, 0.4) is 0 Å². The Morgan fingerprint density at radius 1 is 1.40 bits per heavy atom. The maximum Gasteiger partial charge on any atom is 0.243 e. The van der Waals surface area contributed by atoms with Gasteiger partial charge in [0.1, 0.15) is 4.90 Å². The lowest BCUT2D eigenvalue weighted by Crippen LogP contribution is -2.24. The van der Waals surface area contributed by atoms with Gasteiger partial charge in [-0.15, -0.1) is 0 Å². The zero-order valence-electron chi connectivity index (χ0n) is 8.31. The highest BCUT2D eigenvalue weighted by Crippen LogP contribution is 2.04. The van der Waals surface area contributed by atoms with E-state index in [0.717, 1.165) is 12.8 Å². The Labute approximate surface area is 88.8 Å². The molecule has 3 N–H and O–H groups in total. The number of aliphatic hydroxyl groups excluding tert-OH is 1. The smallest absolute Gasteiger partial charge is 0.243 e. The Kier molecular flexibility index (Phi) is 4.73. The number of hydrogen-bond acceptors (Lipinski definition) is 4. The minimum absolute atomic E-state index is 0.143. The van der Waals surface area contributed by atoms with Crippen LogP contribution in [0.5, 0.6) is 0 Å². The van der Waals surface area contributed by atoms with Gasteiger partial charge in [0.25, 0.3) is 0 Å². The first-order valence-electron chi connectivity index (χ1n) is 4.76. The van der Waals surface area contributed by atoms with Crippen LogP contribution < -0.4 is 4.72 Å². The maximum atomic E-state index is 11.5. The molecule has 0 unspecified atom stereocenters. The number of aromatic nitrogens is 2. The van der Waals surface area contributed by atoms with Crippen LogP contribution in [0.4, 0.5) is 0 Å². The summed E-state index contributed by atoms with van der Waals surface area (Å²) in [7, 11) is -3.41. The molecule has 6 nitrogen and oxygen atoms in total. The lowest BCUT2D eigenvalue weighted by molar-refractivity contribution is 0.283. The van der Waals surface area contributed by atoms with Crippen LogP contribution in [0, 0.1) is 0 Å². The van der Waals surface area contributed by atoms with E-state index in [4.69, 9.17) is 5.11 Å². The summed E-state index contributed by atoms with van der Waals surface area (Å²) in [5.74, 6) is 0. The molecular formula is C8H15N3O3S. The minimum Gasteiger partial charge on any atom is -0.396 e. The second-order valence-corrected chi connectivity index (χ2v) is 4.88. The van der Waals surface area contributed by atoms with Gasteiger partial charge in [0.15, 0.2) is 0 Å². The summed E-state index contributed by atoms with van der Waals surface area (Å²) in [4.78, 5) is 0.143. The summed E-state index contributed by atoms with van der Waals surface area (Å²) >= 11 is 0. The molecule has 0 aliphatic rings. The monoisotopic (exact) mass is 233 g/mol. The third-order valence-corrected chi connectivity index (χ3v) is 3.34. The predicted octanol–water partition coefficient (Wildman–Crippen LogP) is -0.149. The maximum absolute atomic E-state index is 11.5. The molecule has 0 fully saturated rings. The summed E-state index contributed by atoms with van der Waals surface area (Å²) in [6.07, 6.45) is 4.82. The molecule has 1 rings (SSSR count). The van der Waals surface area contributed by atoms with E-state index in [-0.39, 0.29) is 11.5 Å². The Morgan fingerprint density at radius 3 is 2.80 bits per heavy atom. The summed E-state index contributed by atoms with van der Waals surface area (Å²) in [5, 5.41) is 14.5. The zero-order valence-corrected chi connectivity index (χ0v) is 9.13. The number of hydrogen-bond donors (Lipinski definition) is 3. The van der Waals surface area contributed by atoms with Crippen LogP contribution in [0.25, 0.3) is 0 Å². The largest absolute Gasteiger partial charge is 0.396 e. The first kappa shape index (κ1) is 12.2. The number of sulfonamides is 1. The molecule has 0 aliphatic carbocycles. The van der Waals surface area contributed by atoms with E-state index in [1.165, 1.54) is 12.4 Å². The molecule has 0 amide bonds. The third-order valence-electron chi connectivity index (χ3n) is 1.91. The SMILES string of the molecule is O=S(=O)(NCCCCCO)c1cn[nH]c1. The molecule has 1 aromatic rings. The molecule has 1 aromatic heterocycles. The standard InChI is InChI=1S/C8H15N3O3S/c12-5-3-1-2-4-11-15(13,14)8-6-9-10-7-8/h6-7,11-12H,1-5H2,(H,9,10). The highest BCUT2D eigenvalue weighted by Gasteiger charge is 2.13. The predicted molar refractivity (Wildman–Crippen MR) is 54.7 cm³/mol. The number of unbranched alkanes of at least 4 members (excludes halogenated alkanes) is 2. The zero-order chi connectivity index (χ0) is 11.1. The van der Waals surface area contributed by atoms with Crippen LogP contribution in [0.15, 0.2) is 17.3 Å². The average Bonchev–Trinajstić information content (AvgIpc) is 2.70. The van der Waals surface area contributed by atoms with Gasteiger partial charge in [-0.2, -0.15) is 5.10 Å². The van der Waals surface area contributed by atoms with Crippen molar-refractivity contribution in [1.29, 1.82) is 0 Å². The average molecular weight is 233 g/mol. The lowest BCUT2D eigenvalue weighted by Gasteiger charge is -2.03. The Balaban J connectivity index is 2.32. The van der Waals surface area contributed by atoms with Crippen LogP contribution >= 0.6 is 0 Å². The van der Waals surface area contributed by atoms with Crippen LogP contribution in [0.1, 0.15) is 19.3 Å². The molecule has 15 heavy (non-hydrogen) atoms. The molecule has 0 saturated heterocycles. The number of nitrogens with zero attached hydrogens (tertiary/aromatic N) is 1. The van der Waals surface area contributed by atoms with Gasteiger partial charge in [-0.3, -0.25) is 5.10 Å². The van der Waals surface area contributed by atoms with E-state index >= 15 is 0 Å². The van der Waals surface area contributed by atoms with Crippen molar-refractivity contribution >= 4 is 10.0 Å². The number of aromatic amines is 1. The molecule has 86 valence electrons. The first-order chi connectivity index (χ1) is 7.17. The van der Waals surface area contributed by atoms with Crippen LogP contribution in [0.2, 0.25) is 0 Å². The second kappa shape index (κ2) is 5.84. The number of H-pyrrole nitrogens is 1. The second-order valence-electron chi connectivity index (χ2n) is 3.12. The Morgan fingerprint density at radius 2 is 2.20 bits per heavy atom. The fraction of sp³-hybridized carbons (Fsp3) is 0.625. The van der Waals surface area contributed by atoms with E-state index in [9.17, 15) is 8.42 Å². The van der Waals surface area contributed by atoms with Crippen molar-refractivity contribution in [2.75, 3.05) is 13.2 Å². The minimum atomic E-state index is -3.41. The van der Waals surface area contributed by atoms with Gasteiger partial charge in [-0.25, -0.2) is 13.1 Å². The van der Waals surface area contributed by atoms with Gasteiger partial charge in [0.2, 0.25) is 10.0 Å². The molecular weight excluding hydrogens is 218 g/mol. The Bertz CT molecular complexity index is 360. The molecule has 0 bridgehead atoms. The molecule has 0 aliphatic heterocycles. The molecule has 0 spiro atoms. The highest BCUT2D eigenvalue weighted by molar-refractivity contribution is 7.89. The van der Waals surface area contributed by atoms with Crippen LogP contribution in [-0.2, 0) is 10.0 Å². The summed E-state index contributed by atoms with van der Waals surface area (Å²) in [6, 6.07) is 0. The van der Waals surface area contributed by atoms with Crippen molar-refractivity contribution in [3.63, 3.8) is 0 Å². The topological polar surface area (TPSA) is 95.1 Å². The lowest BCUT2D eigenvalue weighted by atomic mass is 10.2. The van der Waals surface area contributed by atoms with E-state index in [2.05, 4.69) is 14.9 Å². The van der Waals surface area contributed by atoms with E-state index < -0.39 is 10.0 Å². The van der Waals surface area contributed by atoms with Gasteiger partial charge in [-0.1, -0.05) is 0 Å². The quantitative estimate of drug-likeness (QED) is 0.571. The van der Waals surface area contributed by atoms with Crippen molar-refractivity contribution < 1.29 is 13.5 Å². The highest BCUT2D eigenvalue weighted by atomic mass is 32.2. The summed E-state index contributed by atoms with van der Waals surface area (Å²) in [6.45, 7) is 0.530. The van der Waals surface area contributed by atoms with Gasteiger partial charge < -0.3 is 5.11 Å². The summed E-state index contributed by atoms with van der Waals surface area (Å²) < 4.78 is 25.5. The molecule has 0 atom stereocenters. The van der Waals surface area contributed by atoms with Gasteiger partial charge in [0.05, 0.1) is 6.20 Å². The fourth-order valence-corrected chi connectivity index (χ4v) is 2.07. The third kappa shape index (κ3) is 3.98. The molecule has 0 radical (unpaired) electrons. The Hall–Kier alpha value is -0.920. The van der Waals surface area contributed by atoms with Crippen molar-refractivity contribution in [3.05, 3.63) is 12.4 Å². The number of rotatable bonds is 7. The van der Waals surface area contributed by atoms with Crippen molar-refractivity contribution in [2.45, 2.75) is 24.2 Å². The van der Waals surface area contributed by atoms with Crippen molar-refractivity contribution in [1.82, 2.24) is 14.9 Å². The van der Waals surface area contributed by atoms with Crippen LogP contribution in [-0.4, -0.2) is 36.9 Å². The number of nitrogens with one attached hydrogen (secondary N) is 2. The van der Waals surface area contributed by atoms with Gasteiger partial charge in [-0.05, 0) is 19.3 Å². The molecule has 0 aromatic carbocycles. The molecule has 0 saturated carbocycles. The normalized spacial score (nSPS) is 11.8. The number of aliphatic hydroxyl groups is 1. The van der Waals surface area contributed by atoms with E-state index in [1.807, 2.05) is 0 Å². The van der Waals surface area contributed by atoms with Crippen molar-refractivity contribution in [3.8, 4) is 0 Å². The first-order valence-corrected chi connectivity index (χ1v) is 6.24.